The van der Waals surface area contributed by atoms with Crippen molar-refractivity contribution in [2.24, 2.45) is 0 Å². The van der Waals surface area contributed by atoms with Crippen LogP contribution >= 0.6 is 0 Å². The van der Waals surface area contributed by atoms with E-state index in [4.69, 9.17) is 4.74 Å². The van der Waals surface area contributed by atoms with Gasteiger partial charge in [-0.1, -0.05) is 30.3 Å². The van der Waals surface area contributed by atoms with Crippen molar-refractivity contribution < 1.29 is 14.9 Å². The number of phenolic OH excluding ortho intramolecular Hbond substituents is 1. The van der Waals surface area contributed by atoms with E-state index in [0.29, 0.717) is 18.2 Å². The van der Waals surface area contributed by atoms with Crippen molar-refractivity contribution in [1.82, 2.24) is 0 Å². The number of aliphatic hydroxyl groups is 1. The highest BCUT2D eigenvalue weighted by molar-refractivity contribution is 5.67. The van der Waals surface area contributed by atoms with Crippen LogP contribution in [0.15, 0.2) is 42.5 Å². The Morgan fingerprint density at radius 1 is 1.21 bits per heavy atom. The summed E-state index contributed by atoms with van der Waals surface area (Å²) in [6.45, 7) is 3.31. The molecule has 156 valence electrons. The molecule has 0 bridgehead atoms. The van der Waals surface area contributed by atoms with Gasteiger partial charge < -0.3 is 19.8 Å². The Morgan fingerprint density at radius 3 is 2.83 bits per heavy atom. The van der Waals surface area contributed by atoms with Gasteiger partial charge in [0.05, 0.1) is 6.10 Å². The fraction of sp³-hybridized carbons (Fsp3) is 0.520. The fourth-order valence-electron chi connectivity index (χ4n) is 5.11. The lowest BCUT2D eigenvalue weighted by Gasteiger charge is -2.39. The van der Waals surface area contributed by atoms with Crippen LogP contribution in [0.25, 0.3) is 0 Å². The lowest BCUT2D eigenvalue weighted by atomic mass is 9.83. The molecule has 4 nitrogen and oxygen atoms in total. The minimum Gasteiger partial charge on any atom is -0.507 e. The molecule has 2 aliphatic heterocycles. The molecule has 0 amide bonds. The second-order valence-corrected chi connectivity index (χ2v) is 8.62. The molecule has 2 N–H and O–H groups in total. The van der Waals surface area contributed by atoms with E-state index in [1.54, 1.807) is 6.07 Å². The lowest BCUT2D eigenvalue weighted by molar-refractivity contribution is 0.207. The van der Waals surface area contributed by atoms with Crippen molar-refractivity contribution in [2.45, 2.75) is 69.9 Å². The highest BCUT2D eigenvalue weighted by Gasteiger charge is 2.37. The standard InChI is InChI=1S/C25H33NO3/c1-18(7-5-10-19-8-3-2-4-9-19)29-22-16-23-25(24(28)17-22)20(12-14-27)15-21-11-6-13-26(21)23/h2-4,8-9,16-18,20-21,27-28H,5-7,10-15H2,1H3/t18-,20+,21-/m0/s1. The zero-order valence-corrected chi connectivity index (χ0v) is 17.4. The SMILES string of the molecule is C[C@@H](CCCc1ccccc1)Oc1cc(O)c2c(c1)N1CCC[C@H]1C[C@H]2CCO. The number of fused-ring (bicyclic) bond motifs is 3. The smallest absolute Gasteiger partial charge is 0.125 e. The van der Waals surface area contributed by atoms with Gasteiger partial charge in [-0.05, 0) is 63.4 Å². The average Bonchev–Trinajstić information content (AvgIpc) is 3.17. The fourth-order valence-corrected chi connectivity index (χ4v) is 5.11. The van der Waals surface area contributed by atoms with Crippen molar-refractivity contribution in [3.05, 3.63) is 53.6 Å². The van der Waals surface area contributed by atoms with Crippen molar-refractivity contribution in [1.29, 1.82) is 0 Å². The number of nitrogens with zero attached hydrogens (tertiary/aromatic N) is 1. The predicted octanol–water partition coefficient (Wildman–Crippen LogP) is 5.02. The molecule has 0 unspecified atom stereocenters. The Morgan fingerprint density at radius 2 is 2.03 bits per heavy atom. The van der Waals surface area contributed by atoms with Gasteiger partial charge in [-0.3, -0.25) is 0 Å². The second-order valence-electron chi connectivity index (χ2n) is 8.62. The van der Waals surface area contributed by atoms with Gasteiger partial charge in [-0.25, -0.2) is 0 Å². The van der Waals surface area contributed by atoms with Gasteiger partial charge in [0.15, 0.2) is 0 Å². The van der Waals surface area contributed by atoms with E-state index in [-0.39, 0.29) is 18.6 Å². The normalized spacial score (nSPS) is 21.5. The van der Waals surface area contributed by atoms with Crippen molar-refractivity contribution in [3.8, 4) is 11.5 Å². The summed E-state index contributed by atoms with van der Waals surface area (Å²) >= 11 is 0. The highest BCUT2D eigenvalue weighted by Crippen LogP contribution is 2.49. The molecule has 29 heavy (non-hydrogen) atoms. The number of hydrogen-bond donors (Lipinski definition) is 2. The zero-order valence-electron chi connectivity index (χ0n) is 17.4. The van der Waals surface area contributed by atoms with E-state index in [9.17, 15) is 10.2 Å². The van der Waals surface area contributed by atoms with E-state index < -0.39 is 0 Å². The third-order valence-electron chi connectivity index (χ3n) is 6.50. The summed E-state index contributed by atoms with van der Waals surface area (Å²) in [7, 11) is 0. The molecule has 4 heteroatoms. The number of rotatable bonds is 8. The van der Waals surface area contributed by atoms with Crippen LogP contribution in [0.1, 0.15) is 62.5 Å². The summed E-state index contributed by atoms with van der Waals surface area (Å²) in [6, 6.07) is 15.0. The molecule has 1 fully saturated rings. The molecular weight excluding hydrogens is 362 g/mol. The van der Waals surface area contributed by atoms with Crippen molar-refractivity contribution in [3.63, 3.8) is 0 Å². The Hall–Kier alpha value is -2.20. The topological polar surface area (TPSA) is 52.9 Å². The summed E-state index contributed by atoms with van der Waals surface area (Å²) in [5, 5.41) is 20.3. The molecule has 3 atom stereocenters. The molecule has 2 aromatic carbocycles. The molecule has 2 aliphatic rings. The minimum atomic E-state index is 0.0994. The monoisotopic (exact) mass is 395 g/mol. The first-order chi connectivity index (χ1) is 14.2. The van der Waals surface area contributed by atoms with E-state index in [0.717, 1.165) is 49.2 Å². The van der Waals surface area contributed by atoms with Crippen LogP contribution in [0, 0.1) is 0 Å². The predicted molar refractivity (Wildman–Crippen MR) is 117 cm³/mol. The van der Waals surface area contributed by atoms with Crippen LogP contribution < -0.4 is 9.64 Å². The summed E-state index contributed by atoms with van der Waals surface area (Å²) in [4.78, 5) is 2.44. The van der Waals surface area contributed by atoms with E-state index >= 15 is 0 Å². The Labute approximate surface area is 174 Å². The number of ether oxygens (including phenoxy) is 1. The van der Waals surface area contributed by atoms with Gasteiger partial charge in [0.25, 0.3) is 0 Å². The summed E-state index contributed by atoms with van der Waals surface area (Å²) in [5.74, 6) is 1.30. The van der Waals surface area contributed by atoms with E-state index in [1.807, 2.05) is 6.07 Å². The first-order valence-corrected chi connectivity index (χ1v) is 11.1. The molecule has 0 radical (unpaired) electrons. The van der Waals surface area contributed by atoms with E-state index in [2.05, 4.69) is 42.2 Å². The molecule has 1 saturated heterocycles. The van der Waals surface area contributed by atoms with Crippen molar-refractivity contribution in [2.75, 3.05) is 18.1 Å². The quantitative estimate of drug-likeness (QED) is 0.659. The van der Waals surface area contributed by atoms with Gasteiger partial charge in [-0.2, -0.15) is 0 Å². The first-order valence-electron chi connectivity index (χ1n) is 11.1. The Balaban J connectivity index is 1.44. The maximum Gasteiger partial charge on any atom is 0.125 e. The van der Waals surface area contributed by atoms with Gasteiger partial charge in [0, 0.05) is 42.6 Å². The minimum absolute atomic E-state index is 0.0994. The van der Waals surface area contributed by atoms with Crippen LogP contribution in [0.5, 0.6) is 11.5 Å². The molecule has 0 aliphatic carbocycles. The van der Waals surface area contributed by atoms with Gasteiger partial charge in [0.2, 0.25) is 0 Å². The first kappa shape index (κ1) is 20.1. The molecule has 0 aromatic heterocycles. The number of aliphatic hydroxyl groups excluding tert-OH is 1. The number of aromatic hydroxyl groups is 1. The summed E-state index contributed by atoms with van der Waals surface area (Å²) in [6.07, 6.45) is 7.34. The Bertz CT molecular complexity index is 807. The maximum atomic E-state index is 10.8. The van der Waals surface area contributed by atoms with Gasteiger partial charge >= 0.3 is 0 Å². The zero-order chi connectivity index (χ0) is 20.2. The molecule has 0 saturated carbocycles. The number of hydrogen-bond acceptors (Lipinski definition) is 4. The third-order valence-corrected chi connectivity index (χ3v) is 6.50. The molecule has 0 spiro atoms. The Kier molecular flexibility index (Phi) is 6.29. The molecule has 4 rings (SSSR count). The number of benzene rings is 2. The summed E-state index contributed by atoms with van der Waals surface area (Å²) in [5.41, 5.74) is 3.48. The van der Waals surface area contributed by atoms with Crippen LogP contribution in [-0.2, 0) is 6.42 Å². The number of anilines is 1. The largest absolute Gasteiger partial charge is 0.507 e. The van der Waals surface area contributed by atoms with Crippen LogP contribution in [0.2, 0.25) is 0 Å². The van der Waals surface area contributed by atoms with Gasteiger partial charge in [0.1, 0.15) is 11.5 Å². The molecule has 2 heterocycles. The molecular formula is C25H33NO3. The maximum absolute atomic E-state index is 10.8. The highest BCUT2D eigenvalue weighted by atomic mass is 16.5. The summed E-state index contributed by atoms with van der Waals surface area (Å²) < 4.78 is 6.21. The third kappa shape index (κ3) is 4.53. The average molecular weight is 396 g/mol. The van der Waals surface area contributed by atoms with Crippen LogP contribution in [-0.4, -0.2) is 35.5 Å². The molecule has 2 aromatic rings. The number of aryl methyl sites for hydroxylation is 1. The lowest BCUT2D eigenvalue weighted by Crippen LogP contribution is -2.36. The van der Waals surface area contributed by atoms with Gasteiger partial charge in [-0.15, -0.1) is 0 Å². The second kappa shape index (κ2) is 9.08. The van der Waals surface area contributed by atoms with E-state index in [1.165, 1.54) is 18.4 Å². The van der Waals surface area contributed by atoms with Crippen LogP contribution in [0.3, 0.4) is 0 Å². The van der Waals surface area contributed by atoms with Crippen LogP contribution in [0.4, 0.5) is 5.69 Å². The van der Waals surface area contributed by atoms with Crippen molar-refractivity contribution >= 4 is 5.69 Å². The number of phenols is 1.